The first kappa shape index (κ1) is 14.7. The number of ether oxygens (including phenoxy) is 1. The lowest BCUT2D eigenvalue weighted by Crippen LogP contribution is -2.31. The number of carbonyl (C=O) groups excluding carboxylic acids is 1. The number of amides is 1. The van der Waals surface area contributed by atoms with E-state index in [9.17, 15) is 4.79 Å². The van der Waals surface area contributed by atoms with Gasteiger partial charge in [0, 0.05) is 18.8 Å². The third kappa shape index (κ3) is 3.24. The summed E-state index contributed by atoms with van der Waals surface area (Å²) in [5.41, 5.74) is 7.01. The Morgan fingerprint density at radius 1 is 1.40 bits per heavy atom. The van der Waals surface area contributed by atoms with Gasteiger partial charge in [0.2, 0.25) is 0 Å². The second kappa shape index (κ2) is 6.64. The van der Waals surface area contributed by atoms with Crippen LogP contribution >= 0.6 is 0 Å². The molecule has 1 fully saturated rings. The number of hydrogen-bond acceptors (Lipinski definition) is 3. The van der Waals surface area contributed by atoms with E-state index in [0.717, 1.165) is 12.8 Å². The van der Waals surface area contributed by atoms with Crippen molar-refractivity contribution in [2.45, 2.75) is 45.1 Å². The number of nitrogens with one attached hydrogen (secondary N) is 1. The number of nitrogen functional groups attached to an aromatic ring is 1. The van der Waals surface area contributed by atoms with Gasteiger partial charge in [0.05, 0.1) is 5.56 Å². The minimum absolute atomic E-state index is 0.135. The third-order valence-corrected chi connectivity index (χ3v) is 4.12. The van der Waals surface area contributed by atoms with Gasteiger partial charge in [-0.05, 0) is 43.7 Å². The highest BCUT2D eigenvalue weighted by Gasteiger charge is 2.26. The molecule has 1 aromatic rings. The van der Waals surface area contributed by atoms with Gasteiger partial charge < -0.3 is 15.8 Å². The van der Waals surface area contributed by atoms with Crippen LogP contribution in [0.4, 0.5) is 5.69 Å². The van der Waals surface area contributed by atoms with Crippen molar-refractivity contribution in [1.29, 1.82) is 0 Å². The van der Waals surface area contributed by atoms with Gasteiger partial charge in [-0.1, -0.05) is 13.3 Å². The molecule has 1 aromatic carbocycles. The van der Waals surface area contributed by atoms with Crippen molar-refractivity contribution < 1.29 is 9.53 Å². The second-order valence-electron chi connectivity index (χ2n) is 5.44. The maximum Gasteiger partial charge on any atom is 0.254 e. The zero-order chi connectivity index (χ0) is 14.5. The maximum atomic E-state index is 11.9. The van der Waals surface area contributed by atoms with Crippen LogP contribution < -0.4 is 15.8 Å². The molecule has 110 valence electrons. The van der Waals surface area contributed by atoms with Crippen molar-refractivity contribution in [3.05, 3.63) is 23.8 Å². The topological polar surface area (TPSA) is 64.3 Å². The highest BCUT2D eigenvalue weighted by atomic mass is 16.5. The second-order valence-corrected chi connectivity index (χ2v) is 5.44. The van der Waals surface area contributed by atoms with Crippen molar-refractivity contribution in [2.24, 2.45) is 5.92 Å². The summed E-state index contributed by atoms with van der Waals surface area (Å²) in [6.07, 6.45) is 6.04. The van der Waals surface area contributed by atoms with Gasteiger partial charge >= 0.3 is 0 Å². The molecule has 2 atom stereocenters. The molecule has 1 aliphatic carbocycles. The van der Waals surface area contributed by atoms with Crippen LogP contribution in [0.1, 0.15) is 49.4 Å². The SMILES string of the molecule is CCC1CCCCC1Oc1cc(N)ccc1C(=O)NC. The number of rotatable bonds is 4. The number of anilines is 1. The largest absolute Gasteiger partial charge is 0.489 e. The molecule has 2 rings (SSSR count). The highest BCUT2D eigenvalue weighted by molar-refractivity contribution is 5.97. The predicted molar refractivity (Wildman–Crippen MR) is 80.9 cm³/mol. The van der Waals surface area contributed by atoms with Crippen molar-refractivity contribution in [3.8, 4) is 5.75 Å². The molecule has 0 spiro atoms. The molecule has 0 aromatic heterocycles. The fourth-order valence-corrected chi connectivity index (χ4v) is 2.92. The number of benzene rings is 1. The maximum absolute atomic E-state index is 11.9. The number of hydrogen-bond donors (Lipinski definition) is 2. The molecule has 2 unspecified atom stereocenters. The molecular weight excluding hydrogens is 252 g/mol. The van der Waals surface area contributed by atoms with Gasteiger partial charge in [-0.25, -0.2) is 0 Å². The van der Waals surface area contributed by atoms with E-state index in [1.807, 2.05) is 0 Å². The summed E-state index contributed by atoms with van der Waals surface area (Å²) >= 11 is 0. The van der Waals surface area contributed by atoms with Crippen LogP contribution in [-0.2, 0) is 0 Å². The zero-order valence-electron chi connectivity index (χ0n) is 12.3. The van der Waals surface area contributed by atoms with Crippen LogP contribution in [0.25, 0.3) is 0 Å². The monoisotopic (exact) mass is 276 g/mol. The molecule has 3 N–H and O–H groups in total. The predicted octanol–water partition coefficient (Wildman–Crippen LogP) is 2.98. The molecule has 0 radical (unpaired) electrons. The summed E-state index contributed by atoms with van der Waals surface area (Å²) in [6, 6.07) is 5.22. The first-order valence-corrected chi connectivity index (χ1v) is 7.44. The Kier molecular flexibility index (Phi) is 4.88. The molecule has 0 bridgehead atoms. The molecule has 1 saturated carbocycles. The Morgan fingerprint density at radius 2 is 2.15 bits per heavy atom. The minimum Gasteiger partial charge on any atom is -0.489 e. The molecule has 0 saturated heterocycles. The fraction of sp³-hybridized carbons (Fsp3) is 0.562. The average Bonchev–Trinajstić information content (AvgIpc) is 2.47. The average molecular weight is 276 g/mol. The normalized spacial score (nSPS) is 22.3. The zero-order valence-corrected chi connectivity index (χ0v) is 12.3. The van der Waals surface area contributed by atoms with Gasteiger partial charge in [0.15, 0.2) is 0 Å². The van der Waals surface area contributed by atoms with Crippen LogP contribution in [0.2, 0.25) is 0 Å². The van der Waals surface area contributed by atoms with E-state index in [-0.39, 0.29) is 12.0 Å². The summed E-state index contributed by atoms with van der Waals surface area (Å²) in [7, 11) is 1.62. The summed E-state index contributed by atoms with van der Waals surface area (Å²) in [6.45, 7) is 2.20. The van der Waals surface area contributed by atoms with Crippen LogP contribution in [0.3, 0.4) is 0 Å². The Hall–Kier alpha value is -1.71. The Labute approximate surface area is 120 Å². The van der Waals surface area contributed by atoms with Crippen molar-refractivity contribution in [3.63, 3.8) is 0 Å². The molecular formula is C16H24N2O2. The van der Waals surface area contributed by atoms with Crippen molar-refractivity contribution in [2.75, 3.05) is 12.8 Å². The molecule has 0 heterocycles. The smallest absolute Gasteiger partial charge is 0.254 e. The van der Waals surface area contributed by atoms with Crippen LogP contribution in [0.15, 0.2) is 18.2 Å². The van der Waals surface area contributed by atoms with E-state index >= 15 is 0 Å². The molecule has 1 aliphatic rings. The summed E-state index contributed by atoms with van der Waals surface area (Å²) < 4.78 is 6.15. The lowest BCUT2D eigenvalue weighted by atomic mass is 9.84. The Balaban J connectivity index is 2.22. The first-order valence-electron chi connectivity index (χ1n) is 7.44. The summed E-state index contributed by atoms with van der Waals surface area (Å²) in [5.74, 6) is 1.04. The highest BCUT2D eigenvalue weighted by Crippen LogP contribution is 2.32. The van der Waals surface area contributed by atoms with Crippen molar-refractivity contribution in [1.82, 2.24) is 5.32 Å². The minimum atomic E-state index is -0.135. The summed E-state index contributed by atoms with van der Waals surface area (Å²) in [5, 5.41) is 2.64. The molecule has 1 amide bonds. The Morgan fingerprint density at radius 3 is 2.85 bits per heavy atom. The molecule has 20 heavy (non-hydrogen) atoms. The number of nitrogens with two attached hydrogens (primary N) is 1. The molecule has 4 heteroatoms. The lowest BCUT2D eigenvalue weighted by Gasteiger charge is -2.31. The van der Waals surface area contributed by atoms with Crippen molar-refractivity contribution >= 4 is 11.6 Å². The first-order chi connectivity index (χ1) is 9.65. The van der Waals surface area contributed by atoms with Gasteiger partial charge in [-0.3, -0.25) is 4.79 Å². The van der Waals surface area contributed by atoms with Gasteiger partial charge in [-0.2, -0.15) is 0 Å². The summed E-state index contributed by atoms with van der Waals surface area (Å²) in [4.78, 5) is 11.9. The van der Waals surface area contributed by atoms with Crippen LogP contribution in [0.5, 0.6) is 5.75 Å². The van der Waals surface area contributed by atoms with Gasteiger partial charge in [-0.15, -0.1) is 0 Å². The van der Waals surface area contributed by atoms with E-state index in [4.69, 9.17) is 10.5 Å². The quantitative estimate of drug-likeness (QED) is 0.831. The molecule has 0 aliphatic heterocycles. The van der Waals surface area contributed by atoms with Gasteiger partial charge in [0.1, 0.15) is 11.9 Å². The third-order valence-electron chi connectivity index (χ3n) is 4.12. The van der Waals surface area contributed by atoms with Crippen LogP contribution in [0, 0.1) is 5.92 Å². The fourth-order valence-electron chi connectivity index (χ4n) is 2.92. The van der Waals surface area contributed by atoms with E-state index in [1.54, 1.807) is 25.2 Å². The molecule has 4 nitrogen and oxygen atoms in total. The lowest BCUT2D eigenvalue weighted by molar-refractivity contribution is 0.0851. The number of carbonyl (C=O) groups is 1. The van der Waals surface area contributed by atoms with E-state index in [0.29, 0.717) is 22.9 Å². The van der Waals surface area contributed by atoms with E-state index < -0.39 is 0 Å². The van der Waals surface area contributed by atoms with E-state index in [1.165, 1.54) is 19.3 Å². The Bertz CT molecular complexity index is 474. The standard InChI is InChI=1S/C16H24N2O2/c1-3-11-6-4-5-7-14(11)20-15-10-12(17)8-9-13(15)16(19)18-2/h8-11,14H,3-7,17H2,1-2H3,(H,18,19). The van der Waals surface area contributed by atoms with E-state index in [2.05, 4.69) is 12.2 Å². The van der Waals surface area contributed by atoms with Crippen LogP contribution in [-0.4, -0.2) is 19.1 Å². The van der Waals surface area contributed by atoms with Gasteiger partial charge in [0.25, 0.3) is 5.91 Å².